The summed E-state index contributed by atoms with van der Waals surface area (Å²) in [5.74, 6) is 5.13. The number of aliphatic hydroxyl groups excluding tert-OH is 1. The third kappa shape index (κ3) is 4.75. The second-order valence-corrected chi connectivity index (χ2v) is 9.83. The van der Waals surface area contributed by atoms with Crippen LogP contribution in [0, 0.1) is 17.8 Å². The molecule has 1 heterocycles. The van der Waals surface area contributed by atoms with Gasteiger partial charge in [0.2, 0.25) is 17.8 Å². The van der Waals surface area contributed by atoms with Crippen molar-refractivity contribution in [2.24, 2.45) is 17.8 Å². The van der Waals surface area contributed by atoms with Gasteiger partial charge in [0.15, 0.2) is 0 Å². The van der Waals surface area contributed by atoms with Gasteiger partial charge in [0, 0.05) is 25.2 Å². The van der Waals surface area contributed by atoms with Gasteiger partial charge in [0.05, 0.1) is 7.11 Å². The fourth-order valence-electron chi connectivity index (χ4n) is 6.29. The number of aromatic nitrogens is 3. The van der Waals surface area contributed by atoms with Crippen LogP contribution in [0.5, 0.6) is 5.75 Å². The van der Waals surface area contributed by atoms with Crippen LogP contribution in [0.4, 0.5) is 17.8 Å². The Morgan fingerprint density at radius 2 is 1.50 bits per heavy atom. The number of nitrogens with zero attached hydrogens (tertiary/aromatic N) is 3. The lowest BCUT2D eigenvalue weighted by Gasteiger charge is -2.56. The van der Waals surface area contributed by atoms with Crippen molar-refractivity contribution in [2.75, 3.05) is 36.2 Å². The third-order valence-corrected chi connectivity index (χ3v) is 7.28. The summed E-state index contributed by atoms with van der Waals surface area (Å²) in [6.07, 6.45) is 8.55. The molecule has 1 aromatic heterocycles. The molecular formula is C24H34N6O2. The quantitative estimate of drug-likeness (QED) is 0.417. The summed E-state index contributed by atoms with van der Waals surface area (Å²) in [5.41, 5.74) is 1.25. The second-order valence-electron chi connectivity index (χ2n) is 9.83. The average Bonchev–Trinajstić information content (AvgIpc) is 2.77. The van der Waals surface area contributed by atoms with Crippen molar-refractivity contribution in [1.82, 2.24) is 15.0 Å². The van der Waals surface area contributed by atoms with E-state index >= 15 is 0 Å². The van der Waals surface area contributed by atoms with Crippen molar-refractivity contribution in [3.63, 3.8) is 0 Å². The Bertz CT molecular complexity index is 884. The van der Waals surface area contributed by atoms with E-state index in [4.69, 9.17) is 14.8 Å². The summed E-state index contributed by atoms with van der Waals surface area (Å²) in [6, 6.07) is 7.96. The Kier molecular flexibility index (Phi) is 6.04. The lowest BCUT2D eigenvalue weighted by molar-refractivity contribution is 0.0103. The van der Waals surface area contributed by atoms with Crippen LogP contribution >= 0.6 is 0 Å². The van der Waals surface area contributed by atoms with Crippen molar-refractivity contribution in [3.05, 3.63) is 29.8 Å². The Balaban J connectivity index is 1.32. The molecule has 4 bridgehead atoms. The van der Waals surface area contributed by atoms with Crippen LogP contribution in [0.15, 0.2) is 24.3 Å². The van der Waals surface area contributed by atoms with Crippen LogP contribution in [-0.2, 0) is 6.54 Å². The van der Waals surface area contributed by atoms with Gasteiger partial charge < -0.3 is 25.8 Å². The molecule has 8 heteroatoms. The number of ether oxygens (including phenoxy) is 1. The first-order valence-corrected chi connectivity index (χ1v) is 11.9. The van der Waals surface area contributed by atoms with E-state index < -0.39 is 0 Å². The summed E-state index contributed by atoms with van der Waals surface area (Å²) in [4.78, 5) is 14.0. The number of hydrogen-bond donors (Lipinski definition) is 4. The van der Waals surface area contributed by atoms with E-state index in [1.54, 1.807) is 7.11 Å². The van der Waals surface area contributed by atoms with Crippen molar-refractivity contribution in [2.45, 2.75) is 57.0 Å². The fraction of sp³-hybridized carbons (Fsp3) is 0.625. The first kappa shape index (κ1) is 21.2. The molecule has 0 unspecified atom stereocenters. The van der Waals surface area contributed by atoms with Gasteiger partial charge in [-0.3, -0.25) is 0 Å². The Morgan fingerprint density at radius 3 is 2.09 bits per heavy atom. The highest BCUT2D eigenvalue weighted by Crippen LogP contribution is 2.56. The van der Waals surface area contributed by atoms with E-state index in [-0.39, 0.29) is 12.1 Å². The molecule has 0 saturated heterocycles. The Morgan fingerprint density at radius 1 is 0.906 bits per heavy atom. The van der Waals surface area contributed by atoms with Crippen molar-refractivity contribution >= 4 is 17.8 Å². The van der Waals surface area contributed by atoms with Gasteiger partial charge >= 0.3 is 0 Å². The SMILES string of the molecule is COc1ccc(CNc2nc(NCCCO)nc(NC34CC5CC(CC(C5)C3)C4)n2)cc1. The number of methoxy groups -OCH3 is 1. The number of aliphatic hydroxyl groups is 1. The lowest BCUT2D eigenvalue weighted by atomic mass is 9.53. The second kappa shape index (κ2) is 9.10. The summed E-state index contributed by atoms with van der Waals surface area (Å²) in [7, 11) is 1.67. The highest BCUT2D eigenvalue weighted by Gasteiger charge is 2.51. The average molecular weight is 439 g/mol. The van der Waals surface area contributed by atoms with Crippen LogP contribution in [0.1, 0.15) is 50.5 Å². The summed E-state index contributed by atoms with van der Waals surface area (Å²) >= 11 is 0. The molecule has 4 saturated carbocycles. The monoisotopic (exact) mass is 438 g/mol. The largest absolute Gasteiger partial charge is 0.497 e. The van der Waals surface area contributed by atoms with Crippen molar-refractivity contribution in [3.8, 4) is 5.75 Å². The fourth-order valence-corrected chi connectivity index (χ4v) is 6.29. The molecule has 4 aliphatic rings. The highest BCUT2D eigenvalue weighted by atomic mass is 16.5. The van der Waals surface area contributed by atoms with E-state index in [2.05, 4.69) is 25.9 Å². The smallest absolute Gasteiger partial charge is 0.229 e. The van der Waals surface area contributed by atoms with Gasteiger partial charge in [0.1, 0.15) is 5.75 Å². The van der Waals surface area contributed by atoms with Crippen LogP contribution in [0.3, 0.4) is 0 Å². The zero-order valence-corrected chi connectivity index (χ0v) is 18.8. The van der Waals surface area contributed by atoms with E-state index in [1.807, 2.05) is 24.3 Å². The van der Waals surface area contributed by atoms with Gasteiger partial charge in [-0.25, -0.2) is 0 Å². The predicted molar refractivity (Wildman–Crippen MR) is 125 cm³/mol. The molecule has 172 valence electrons. The number of nitrogens with one attached hydrogen (secondary N) is 3. The topological polar surface area (TPSA) is 104 Å². The van der Waals surface area contributed by atoms with Crippen LogP contribution in [0.25, 0.3) is 0 Å². The molecule has 8 nitrogen and oxygen atoms in total. The lowest BCUT2D eigenvalue weighted by Crippen LogP contribution is -2.55. The molecule has 0 amide bonds. The minimum atomic E-state index is 0.131. The minimum absolute atomic E-state index is 0.131. The highest BCUT2D eigenvalue weighted by molar-refractivity contribution is 5.44. The molecule has 0 aliphatic heterocycles. The molecule has 0 radical (unpaired) electrons. The number of benzene rings is 1. The molecular weight excluding hydrogens is 404 g/mol. The van der Waals surface area contributed by atoms with E-state index in [1.165, 1.54) is 38.5 Å². The predicted octanol–water partition coefficient (Wildman–Crippen LogP) is 3.67. The molecule has 4 aliphatic carbocycles. The Hall–Kier alpha value is -2.61. The molecule has 2 aromatic rings. The van der Waals surface area contributed by atoms with Gasteiger partial charge in [-0.2, -0.15) is 15.0 Å². The normalized spacial score (nSPS) is 27.9. The maximum atomic E-state index is 9.12. The molecule has 6 rings (SSSR count). The van der Waals surface area contributed by atoms with Gasteiger partial charge in [-0.15, -0.1) is 0 Å². The summed E-state index contributed by atoms with van der Waals surface area (Å²) in [6.45, 7) is 1.37. The van der Waals surface area contributed by atoms with Gasteiger partial charge in [-0.05, 0) is 80.4 Å². The zero-order valence-electron chi connectivity index (χ0n) is 18.8. The van der Waals surface area contributed by atoms with Crippen molar-refractivity contribution in [1.29, 1.82) is 0 Å². The van der Waals surface area contributed by atoms with Gasteiger partial charge in [-0.1, -0.05) is 12.1 Å². The molecule has 1 aromatic carbocycles. The van der Waals surface area contributed by atoms with Crippen molar-refractivity contribution < 1.29 is 9.84 Å². The standard InChI is InChI=1S/C24H34N6O2/c1-32-20-5-3-16(4-6-20)15-26-22-27-21(25-7-2-8-31)28-23(29-22)30-24-12-17-9-18(13-24)11-19(10-17)14-24/h3-6,17-19,31H,2,7-15H2,1H3,(H3,25,26,27,28,29,30). The minimum Gasteiger partial charge on any atom is -0.497 e. The first-order valence-electron chi connectivity index (χ1n) is 11.9. The van der Waals surface area contributed by atoms with E-state index in [0.717, 1.165) is 29.1 Å². The maximum absolute atomic E-state index is 9.12. The van der Waals surface area contributed by atoms with Crippen LogP contribution in [-0.4, -0.2) is 45.9 Å². The van der Waals surface area contributed by atoms with Crippen LogP contribution in [0.2, 0.25) is 0 Å². The van der Waals surface area contributed by atoms with E-state index in [9.17, 15) is 0 Å². The molecule has 0 spiro atoms. The molecule has 4 fully saturated rings. The zero-order chi connectivity index (χ0) is 22.0. The third-order valence-electron chi connectivity index (χ3n) is 7.28. The van der Waals surface area contributed by atoms with E-state index in [0.29, 0.717) is 37.4 Å². The summed E-state index contributed by atoms with van der Waals surface area (Å²) in [5, 5.41) is 19.5. The van der Waals surface area contributed by atoms with Gasteiger partial charge in [0.25, 0.3) is 0 Å². The number of hydrogen-bond acceptors (Lipinski definition) is 8. The molecule has 4 N–H and O–H groups in total. The number of anilines is 3. The maximum Gasteiger partial charge on any atom is 0.229 e. The molecule has 0 atom stereocenters. The number of rotatable bonds is 10. The summed E-state index contributed by atoms with van der Waals surface area (Å²) < 4.78 is 5.24. The first-order chi connectivity index (χ1) is 15.6. The molecule has 32 heavy (non-hydrogen) atoms. The van der Waals surface area contributed by atoms with Crippen LogP contribution < -0.4 is 20.7 Å². The Labute approximate surface area is 189 Å².